The Labute approximate surface area is 163 Å². The Morgan fingerprint density at radius 3 is 2.43 bits per heavy atom. The Morgan fingerprint density at radius 1 is 1.14 bits per heavy atom. The molecule has 0 aliphatic carbocycles. The van der Waals surface area contributed by atoms with E-state index in [2.05, 4.69) is 5.32 Å². The summed E-state index contributed by atoms with van der Waals surface area (Å²) in [6.07, 6.45) is -0.160. The van der Waals surface area contributed by atoms with Gasteiger partial charge in [-0.15, -0.1) is 0 Å². The van der Waals surface area contributed by atoms with Crippen molar-refractivity contribution in [3.8, 4) is 0 Å². The molecule has 7 heteroatoms. The van der Waals surface area contributed by atoms with Gasteiger partial charge in [-0.1, -0.05) is 18.2 Å². The summed E-state index contributed by atoms with van der Waals surface area (Å²) >= 11 is 0. The summed E-state index contributed by atoms with van der Waals surface area (Å²) in [5.74, 6) is -2.57. The number of aryl methyl sites for hydroxylation is 1. The van der Waals surface area contributed by atoms with Gasteiger partial charge in [0.05, 0.1) is 12.0 Å². The molecule has 2 N–H and O–H groups in total. The van der Waals surface area contributed by atoms with Crippen LogP contribution in [0.3, 0.4) is 0 Å². The SMILES string of the molecule is Cc1ccc(C(=O)N(CCC(=O)O)C(C)C)cc1NC(=O)c1ccccc1F. The van der Waals surface area contributed by atoms with Gasteiger partial charge in [0.2, 0.25) is 0 Å². The number of carboxylic acid groups (broad SMARTS) is 1. The number of amides is 2. The van der Waals surface area contributed by atoms with Gasteiger partial charge in [0.1, 0.15) is 5.82 Å². The minimum Gasteiger partial charge on any atom is -0.481 e. The number of rotatable bonds is 7. The second kappa shape index (κ2) is 9.12. The van der Waals surface area contributed by atoms with Crippen LogP contribution in [0, 0.1) is 12.7 Å². The van der Waals surface area contributed by atoms with Crippen molar-refractivity contribution in [3.05, 3.63) is 65.0 Å². The topological polar surface area (TPSA) is 86.7 Å². The number of anilines is 1. The predicted octanol–water partition coefficient (Wildman–Crippen LogP) is 3.71. The summed E-state index contributed by atoms with van der Waals surface area (Å²) in [5, 5.41) is 11.5. The predicted molar refractivity (Wildman–Crippen MR) is 104 cm³/mol. The number of halogens is 1. The molecule has 2 rings (SSSR count). The van der Waals surface area contributed by atoms with Gasteiger partial charge in [-0.05, 0) is 50.6 Å². The van der Waals surface area contributed by atoms with E-state index < -0.39 is 17.7 Å². The smallest absolute Gasteiger partial charge is 0.305 e. The average molecular weight is 386 g/mol. The number of carboxylic acids is 1. The summed E-state index contributed by atoms with van der Waals surface area (Å²) in [6.45, 7) is 5.44. The fourth-order valence-electron chi connectivity index (χ4n) is 2.70. The standard InChI is InChI=1S/C21H23FN2O4/c1-13(2)24(11-10-19(25)26)21(28)15-9-8-14(3)18(12-15)23-20(27)16-6-4-5-7-17(16)22/h4-9,12-13H,10-11H2,1-3H3,(H,23,27)(H,25,26). The molecule has 0 radical (unpaired) electrons. The minimum absolute atomic E-state index is 0.0800. The van der Waals surface area contributed by atoms with E-state index in [1.54, 1.807) is 39.0 Å². The highest BCUT2D eigenvalue weighted by Crippen LogP contribution is 2.20. The Kier molecular flexibility index (Phi) is 6.87. The van der Waals surface area contributed by atoms with Crippen LogP contribution < -0.4 is 5.32 Å². The van der Waals surface area contributed by atoms with E-state index in [-0.39, 0.29) is 30.5 Å². The summed E-state index contributed by atoms with van der Waals surface area (Å²) in [7, 11) is 0. The van der Waals surface area contributed by atoms with E-state index in [1.807, 2.05) is 0 Å². The molecule has 0 heterocycles. The third-order valence-corrected chi connectivity index (χ3v) is 4.30. The van der Waals surface area contributed by atoms with E-state index in [0.717, 1.165) is 0 Å². The van der Waals surface area contributed by atoms with E-state index in [9.17, 15) is 18.8 Å². The number of carbonyl (C=O) groups excluding carboxylic acids is 2. The molecule has 0 spiro atoms. The second-order valence-corrected chi connectivity index (χ2v) is 6.70. The monoisotopic (exact) mass is 386 g/mol. The van der Waals surface area contributed by atoms with Gasteiger partial charge < -0.3 is 15.3 Å². The van der Waals surface area contributed by atoms with Crippen molar-refractivity contribution in [1.82, 2.24) is 4.90 Å². The maximum absolute atomic E-state index is 13.8. The Balaban J connectivity index is 2.26. The highest BCUT2D eigenvalue weighted by atomic mass is 19.1. The Bertz CT molecular complexity index is 896. The van der Waals surface area contributed by atoms with Crippen LogP contribution in [-0.4, -0.2) is 40.4 Å². The van der Waals surface area contributed by atoms with Gasteiger partial charge in [0.15, 0.2) is 0 Å². The van der Waals surface area contributed by atoms with E-state index in [4.69, 9.17) is 5.11 Å². The van der Waals surface area contributed by atoms with Crippen LogP contribution in [0.2, 0.25) is 0 Å². The van der Waals surface area contributed by atoms with Gasteiger partial charge in [0.25, 0.3) is 11.8 Å². The van der Waals surface area contributed by atoms with Crippen LogP contribution in [0.5, 0.6) is 0 Å². The van der Waals surface area contributed by atoms with Crippen molar-refractivity contribution in [2.75, 3.05) is 11.9 Å². The maximum atomic E-state index is 13.8. The molecular weight excluding hydrogens is 363 g/mol. The summed E-state index contributed by atoms with van der Waals surface area (Å²) < 4.78 is 13.8. The fourth-order valence-corrected chi connectivity index (χ4v) is 2.70. The summed E-state index contributed by atoms with van der Waals surface area (Å²) in [5.41, 5.74) is 1.32. The molecule has 0 fully saturated rings. The molecule has 0 saturated carbocycles. The quantitative estimate of drug-likeness (QED) is 0.759. The molecule has 2 aromatic rings. The van der Waals surface area contributed by atoms with Crippen molar-refractivity contribution in [2.45, 2.75) is 33.2 Å². The molecule has 2 aromatic carbocycles. The van der Waals surface area contributed by atoms with Crippen molar-refractivity contribution >= 4 is 23.5 Å². The normalized spacial score (nSPS) is 10.6. The van der Waals surface area contributed by atoms with Crippen LogP contribution in [0.4, 0.5) is 10.1 Å². The number of carbonyl (C=O) groups is 3. The van der Waals surface area contributed by atoms with Crippen LogP contribution >= 0.6 is 0 Å². The van der Waals surface area contributed by atoms with Crippen LogP contribution in [0.15, 0.2) is 42.5 Å². The lowest BCUT2D eigenvalue weighted by atomic mass is 10.1. The number of aliphatic carboxylic acids is 1. The van der Waals surface area contributed by atoms with Gasteiger partial charge in [0, 0.05) is 23.8 Å². The van der Waals surface area contributed by atoms with E-state index in [1.165, 1.54) is 29.2 Å². The molecule has 0 bridgehead atoms. The molecule has 0 aliphatic heterocycles. The summed E-state index contributed by atoms with van der Waals surface area (Å²) in [6, 6.07) is 10.3. The van der Waals surface area contributed by atoms with E-state index >= 15 is 0 Å². The number of hydrogen-bond donors (Lipinski definition) is 2. The van der Waals surface area contributed by atoms with Crippen LogP contribution in [0.1, 0.15) is 46.5 Å². The summed E-state index contributed by atoms with van der Waals surface area (Å²) in [4.78, 5) is 37.5. The third-order valence-electron chi connectivity index (χ3n) is 4.30. The average Bonchev–Trinajstić information content (AvgIpc) is 2.63. The van der Waals surface area contributed by atoms with Crippen molar-refractivity contribution in [3.63, 3.8) is 0 Å². The largest absolute Gasteiger partial charge is 0.481 e. The molecule has 6 nitrogen and oxygen atoms in total. The molecule has 2 amide bonds. The number of benzene rings is 2. The van der Waals surface area contributed by atoms with Crippen molar-refractivity contribution < 1.29 is 23.9 Å². The zero-order chi connectivity index (χ0) is 20.8. The van der Waals surface area contributed by atoms with Crippen molar-refractivity contribution in [1.29, 1.82) is 0 Å². The Hall–Kier alpha value is -3.22. The second-order valence-electron chi connectivity index (χ2n) is 6.70. The molecule has 0 aromatic heterocycles. The molecular formula is C21H23FN2O4. The highest BCUT2D eigenvalue weighted by Gasteiger charge is 2.21. The Morgan fingerprint density at radius 2 is 1.82 bits per heavy atom. The lowest BCUT2D eigenvalue weighted by Gasteiger charge is -2.26. The molecule has 0 unspecified atom stereocenters. The zero-order valence-corrected chi connectivity index (χ0v) is 16.0. The van der Waals surface area contributed by atoms with Crippen LogP contribution in [-0.2, 0) is 4.79 Å². The first-order valence-electron chi connectivity index (χ1n) is 8.90. The first-order chi connectivity index (χ1) is 13.2. The molecule has 0 saturated heterocycles. The molecule has 148 valence electrons. The van der Waals surface area contributed by atoms with Gasteiger partial charge in [-0.25, -0.2) is 4.39 Å². The third kappa shape index (κ3) is 5.16. The highest BCUT2D eigenvalue weighted by molar-refractivity contribution is 6.05. The van der Waals surface area contributed by atoms with Crippen molar-refractivity contribution in [2.24, 2.45) is 0 Å². The van der Waals surface area contributed by atoms with E-state index in [0.29, 0.717) is 16.8 Å². The fraction of sp³-hybridized carbons (Fsp3) is 0.286. The first-order valence-corrected chi connectivity index (χ1v) is 8.90. The van der Waals surface area contributed by atoms with Crippen LogP contribution in [0.25, 0.3) is 0 Å². The van der Waals surface area contributed by atoms with Gasteiger partial charge >= 0.3 is 5.97 Å². The number of nitrogens with one attached hydrogen (secondary N) is 1. The maximum Gasteiger partial charge on any atom is 0.305 e. The molecule has 0 aliphatic rings. The lowest BCUT2D eigenvalue weighted by molar-refractivity contribution is -0.137. The minimum atomic E-state index is -0.986. The molecule has 28 heavy (non-hydrogen) atoms. The van der Waals surface area contributed by atoms with Gasteiger partial charge in [-0.3, -0.25) is 14.4 Å². The molecule has 0 atom stereocenters. The zero-order valence-electron chi connectivity index (χ0n) is 16.0. The lowest BCUT2D eigenvalue weighted by Crippen LogP contribution is -2.38. The number of hydrogen-bond acceptors (Lipinski definition) is 3. The first kappa shape index (κ1) is 21.1. The van der Waals surface area contributed by atoms with Gasteiger partial charge in [-0.2, -0.15) is 0 Å². The number of nitrogens with zero attached hydrogens (tertiary/aromatic N) is 1.